The van der Waals surface area contributed by atoms with Gasteiger partial charge in [0.25, 0.3) is 0 Å². The van der Waals surface area contributed by atoms with E-state index in [1.165, 1.54) is 0 Å². The lowest BCUT2D eigenvalue weighted by molar-refractivity contribution is 0.00578. The van der Waals surface area contributed by atoms with Crippen molar-refractivity contribution in [2.24, 2.45) is 0 Å². The van der Waals surface area contributed by atoms with Crippen molar-refractivity contribution in [1.29, 1.82) is 0 Å². The molecule has 0 saturated carbocycles. The molecule has 3 rings (SSSR count). The Morgan fingerprint density at radius 3 is 2.40 bits per heavy atom. The molecule has 1 aliphatic rings. The molecule has 2 aromatic rings. The topological polar surface area (TPSA) is 70.5 Å². The quantitative estimate of drug-likeness (QED) is 0.630. The van der Waals surface area contributed by atoms with Crippen LogP contribution in [0.15, 0.2) is 30.5 Å². The number of nitrogens with zero attached hydrogens (tertiary/aromatic N) is 2. The van der Waals surface area contributed by atoms with Crippen molar-refractivity contribution < 1.29 is 18.8 Å². The number of ether oxygens (including phenoxy) is 1. The van der Waals surface area contributed by atoms with E-state index >= 15 is 0 Å². The average molecular weight is 340 g/mol. The van der Waals surface area contributed by atoms with Crippen molar-refractivity contribution in [2.75, 3.05) is 0 Å². The molecule has 0 unspecified atom stereocenters. The molecule has 1 fully saturated rings. The molecule has 1 saturated heterocycles. The predicted molar refractivity (Wildman–Crippen MR) is 94.4 cm³/mol. The lowest BCUT2D eigenvalue weighted by atomic mass is 9.76. The average Bonchev–Trinajstić information content (AvgIpc) is 2.75. The molecule has 1 aromatic heterocycles. The fourth-order valence-corrected chi connectivity index (χ4v) is 2.48. The monoisotopic (exact) mass is 340 g/mol. The smallest absolute Gasteiger partial charge is 0.424 e. The van der Waals surface area contributed by atoms with Crippen LogP contribution in [0.2, 0.25) is 0 Å². The zero-order valence-electron chi connectivity index (χ0n) is 15.1. The fourth-order valence-electron chi connectivity index (χ4n) is 2.48. The van der Waals surface area contributed by atoms with Crippen molar-refractivity contribution >= 4 is 18.9 Å². The first-order valence-corrected chi connectivity index (χ1v) is 8.14. The minimum absolute atomic E-state index is 0.236. The van der Waals surface area contributed by atoms with Crippen molar-refractivity contribution in [3.8, 4) is 11.8 Å². The highest BCUT2D eigenvalue weighted by Crippen LogP contribution is 2.36. The zero-order valence-corrected chi connectivity index (χ0v) is 15.1. The first kappa shape index (κ1) is 17.6. The number of carbonyl (C=O) groups is 1. The summed E-state index contributed by atoms with van der Waals surface area (Å²) in [5.74, 6) is 0.480. The Morgan fingerprint density at radius 1 is 1.12 bits per heavy atom. The molecule has 130 valence electrons. The summed E-state index contributed by atoms with van der Waals surface area (Å²) in [7, 11) is -0.602. The van der Waals surface area contributed by atoms with Crippen LogP contribution in [-0.4, -0.2) is 34.6 Å². The van der Waals surface area contributed by atoms with E-state index in [9.17, 15) is 4.79 Å². The minimum atomic E-state index is -0.602. The van der Waals surface area contributed by atoms with E-state index in [0.29, 0.717) is 16.8 Å². The maximum absolute atomic E-state index is 11.6. The largest absolute Gasteiger partial charge is 0.495 e. The number of rotatable bonds is 4. The number of hydrogen-bond acceptors (Lipinski definition) is 6. The highest BCUT2D eigenvalue weighted by molar-refractivity contribution is 6.63. The molecule has 0 aliphatic carbocycles. The van der Waals surface area contributed by atoms with E-state index in [1.807, 2.05) is 34.6 Å². The van der Waals surface area contributed by atoms with Crippen LogP contribution in [0, 0.1) is 6.92 Å². The van der Waals surface area contributed by atoms with Crippen LogP contribution in [0.1, 0.15) is 43.7 Å². The van der Waals surface area contributed by atoms with Gasteiger partial charge in [-0.2, -0.15) is 0 Å². The van der Waals surface area contributed by atoms with E-state index in [-0.39, 0.29) is 6.01 Å². The number of benzene rings is 1. The first-order chi connectivity index (χ1) is 11.7. The molecule has 1 aliphatic heterocycles. The summed E-state index contributed by atoms with van der Waals surface area (Å²) in [6, 6.07) is 7.18. The molecule has 25 heavy (non-hydrogen) atoms. The normalized spacial score (nSPS) is 18.2. The third-order valence-electron chi connectivity index (χ3n) is 4.67. The van der Waals surface area contributed by atoms with Gasteiger partial charge in [-0.3, -0.25) is 4.79 Å². The van der Waals surface area contributed by atoms with Gasteiger partial charge < -0.3 is 14.0 Å². The Kier molecular flexibility index (Phi) is 4.39. The Morgan fingerprint density at radius 2 is 1.80 bits per heavy atom. The van der Waals surface area contributed by atoms with Gasteiger partial charge in [0.15, 0.2) is 0 Å². The van der Waals surface area contributed by atoms with Crippen molar-refractivity contribution in [3.63, 3.8) is 0 Å². The summed E-state index contributed by atoms with van der Waals surface area (Å²) >= 11 is 0. The van der Waals surface area contributed by atoms with Gasteiger partial charge in [0.1, 0.15) is 12.0 Å². The third-order valence-corrected chi connectivity index (χ3v) is 4.67. The lowest BCUT2D eigenvalue weighted by Gasteiger charge is -2.32. The van der Waals surface area contributed by atoms with E-state index in [1.54, 1.807) is 30.5 Å². The molecule has 0 bridgehead atoms. The summed E-state index contributed by atoms with van der Waals surface area (Å²) < 4.78 is 17.7. The molecule has 0 amide bonds. The van der Waals surface area contributed by atoms with Crippen molar-refractivity contribution in [2.45, 2.75) is 45.8 Å². The van der Waals surface area contributed by atoms with Crippen LogP contribution in [-0.2, 0) is 9.31 Å². The van der Waals surface area contributed by atoms with Crippen molar-refractivity contribution in [1.82, 2.24) is 9.97 Å². The van der Waals surface area contributed by atoms with Crippen LogP contribution >= 0.6 is 0 Å². The van der Waals surface area contributed by atoms with E-state index in [2.05, 4.69) is 9.97 Å². The van der Waals surface area contributed by atoms with Crippen molar-refractivity contribution in [3.05, 3.63) is 41.7 Å². The van der Waals surface area contributed by atoms with Gasteiger partial charge in [0.05, 0.1) is 11.2 Å². The predicted octanol–water partition coefficient (Wildman–Crippen LogP) is 2.69. The number of aromatic nitrogens is 2. The standard InChI is InChI=1S/C18H21BN2O4/c1-12-8-9-20-16(21-12)23-14-6-7-15(13(10-14)11-22)19-24-17(2,3)18(4,5)25-19/h6-11H,1-5H3. The van der Waals surface area contributed by atoms with E-state index < -0.39 is 18.3 Å². The first-order valence-electron chi connectivity index (χ1n) is 8.14. The van der Waals surface area contributed by atoms with Crippen LogP contribution < -0.4 is 10.2 Å². The summed E-state index contributed by atoms with van der Waals surface area (Å²) in [5, 5.41) is 0. The summed E-state index contributed by atoms with van der Waals surface area (Å²) in [4.78, 5) is 19.8. The minimum Gasteiger partial charge on any atom is -0.424 e. The molecular weight excluding hydrogens is 319 g/mol. The Hall–Kier alpha value is -2.25. The van der Waals surface area contributed by atoms with E-state index in [4.69, 9.17) is 14.0 Å². The lowest BCUT2D eigenvalue weighted by Crippen LogP contribution is -2.41. The maximum atomic E-state index is 11.6. The Balaban J connectivity index is 1.87. The number of aryl methyl sites for hydroxylation is 1. The Labute approximate surface area is 147 Å². The molecule has 7 heteroatoms. The molecule has 1 aromatic carbocycles. The second-order valence-electron chi connectivity index (χ2n) is 7.08. The maximum Gasteiger partial charge on any atom is 0.495 e. The number of hydrogen-bond donors (Lipinski definition) is 0. The molecule has 0 atom stereocenters. The van der Waals surface area contributed by atoms with E-state index in [0.717, 1.165) is 12.0 Å². The molecule has 0 radical (unpaired) electrons. The SMILES string of the molecule is Cc1ccnc(Oc2ccc(B3OC(C)(C)C(C)(C)O3)c(C=O)c2)n1. The van der Waals surface area contributed by atoms with Gasteiger partial charge in [-0.15, -0.1) is 0 Å². The summed E-state index contributed by atoms with van der Waals surface area (Å²) in [6.45, 7) is 9.74. The molecule has 0 N–H and O–H groups in total. The molecule has 6 nitrogen and oxygen atoms in total. The van der Waals surface area contributed by atoms with Gasteiger partial charge in [0.2, 0.25) is 0 Å². The number of aldehydes is 1. The zero-order chi connectivity index (χ0) is 18.2. The number of carbonyl (C=O) groups excluding carboxylic acids is 1. The van der Waals surface area contributed by atoms with Gasteiger partial charge in [0, 0.05) is 17.5 Å². The second-order valence-corrected chi connectivity index (χ2v) is 7.08. The van der Waals surface area contributed by atoms with Crippen LogP contribution in [0.25, 0.3) is 0 Å². The van der Waals surface area contributed by atoms with Gasteiger partial charge in [-0.25, -0.2) is 9.97 Å². The van der Waals surface area contributed by atoms with Gasteiger partial charge in [-0.1, -0.05) is 6.07 Å². The third kappa shape index (κ3) is 3.43. The van der Waals surface area contributed by atoms with Crippen LogP contribution in [0.3, 0.4) is 0 Å². The fraction of sp³-hybridized carbons (Fsp3) is 0.389. The summed E-state index contributed by atoms with van der Waals surface area (Å²) in [5.41, 5.74) is 0.981. The van der Waals surface area contributed by atoms with Gasteiger partial charge >= 0.3 is 13.1 Å². The summed E-state index contributed by atoms with van der Waals surface area (Å²) in [6.07, 6.45) is 2.39. The molecule has 0 spiro atoms. The van der Waals surface area contributed by atoms with Crippen LogP contribution in [0.5, 0.6) is 11.8 Å². The Bertz CT molecular complexity index is 791. The highest BCUT2D eigenvalue weighted by Gasteiger charge is 2.52. The van der Waals surface area contributed by atoms with Gasteiger partial charge in [-0.05, 0) is 58.3 Å². The molecular formula is C18H21BN2O4. The highest BCUT2D eigenvalue weighted by atomic mass is 16.7. The molecule has 2 heterocycles. The van der Waals surface area contributed by atoms with Crippen LogP contribution in [0.4, 0.5) is 0 Å². The second kappa shape index (κ2) is 6.24.